The Balaban J connectivity index is 1.36. The van der Waals surface area contributed by atoms with Crippen molar-refractivity contribution in [2.45, 2.75) is 19.8 Å². The van der Waals surface area contributed by atoms with Crippen molar-refractivity contribution in [1.29, 1.82) is 0 Å². The molecule has 0 aliphatic heterocycles. The lowest BCUT2D eigenvalue weighted by atomic mass is 10.2. The Morgan fingerprint density at radius 2 is 1.72 bits per heavy atom. The van der Waals surface area contributed by atoms with Gasteiger partial charge in [0, 0.05) is 11.6 Å². The number of nitrogens with zero attached hydrogens (tertiary/aromatic N) is 4. The van der Waals surface area contributed by atoms with Gasteiger partial charge in [0.2, 0.25) is 5.88 Å². The van der Waals surface area contributed by atoms with Crippen molar-refractivity contribution < 1.29 is 23.7 Å². The van der Waals surface area contributed by atoms with E-state index in [4.69, 9.17) is 18.9 Å². The van der Waals surface area contributed by atoms with Crippen molar-refractivity contribution in [3.8, 4) is 34.5 Å². The first kappa shape index (κ1) is 24.8. The van der Waals surface area contributed by atoms with Gasteiger partial charge in [-0.2, -0.15) is 4.52 Å². The van der Waals surface area contributed by atoms with Crippen LogP contribution in [-0.2, 0) is 0 Å². The molecule has 0 saturated heterocycles. The summed E-state index contributed by atoms with van der Waals surface area (Å²) in [5, 5.41) is 15.8. The van der Waals surface area contributed by atoms with Crippen LogP contribution in [0.15, 0.2) is 54.6 Å². The first-order valence-corrected chi connectivity index (χ1v) is 11.7. The number of amides is 1. The van der Waals surface area contributed by atoms with Crippen molar-refractivity contribution >= 4 is 11.6 Å². The summed E-state index contributed by atoms with van der Waals surface area (Å²) in [6, 6.07) is 16.0. The fourth-order valence-electron chi connectivity index (χ4n) is 3.46. The highest BCUT2D eigenvalue weighted by molar-refractivity contribution is 5.94. The van der Waals surface area contributed by atoms with Crippen LogP contribution in [-0.4, -0.2) is 59.7 Å². The molecule has 1 amide bonds. The lowest BCUT2D eigenvalue weighted by Crippen LogP contribution is -2.28. The second kappa shape index (κ2) is 11.9. The monoisotopic (exact) mass is 491 g/mol. The number of nitrogens with one attached hydrogen (secondary N) is 1. The molecule has 10 nitrogen and oxygen atoms in total. The van der Waals surface area contributed by atoms with Crippen molar-refractivity contribution in [3.05, 3.63) is 60.2 Å². The van der Waals surface area contributed by atoms with Crippen molar-refractivity contribution in [3.63, 3.8) is 0 Å². The number of hydrogen-bond acceptors (Lipinski definition) is 8. The third-order valence-electron chi connectivity index (χ3n) is 5.41. The number of benzene rings is 2. The highest BCUT2D eigenvalue weighted by Gasteiger charge is 2.16. The Morgan fingerprint density at radius 3 is 2.47 bits per heavy atom. The molecule has 4 aromatic rings. The number of aromatic nitrogens is 4. The third kappa shape index (κ3) is 5.83. The summed E-state index contributed by atoms with van der Waals surface area (Å²) in [7, 11) is 3.18. The number of hydrogen-bond donors (Lipinski definition) is 1. The fraction of sp³-hybridized carbons (Fsp3) is 0.308. The summed E-state index contributed by atoms with van der Waals surface area (Å²) in [6.07, 6.45) is 2.07. The lowest BCUT2D eigenvalue weighted by molar-refractivity contribution is 0.0946. The van der Waals surface area contributed by atoms with E-state index in [1.54, 1.807) is 67.3 Å². The highest BCUT2D eigenvalue weighted by atomic mass is 16.5. The minimum Gasteiger partial charge on any atom is -0.497 e. The minimum atomic E-state index is -0.187. The number of ether oxygens (including phenoxy) is 4. The van der Waals surface area contributed by atoms with E-state index in [2.05, 4.69) is 27.5 Å². The molecule has 0 fully saturated rings. The van der Waals surface area contributed by atoms with E-state index in [9.17, 15) is 4.79 Å². The number of carbonyl (C=O) groups excluding carboxylic acids is 1. The normalized spacial score (nSPS) is 10.8. The van der Waals surface area contributed by atoms with Gasteiger partial charge in [0.15, 0.2) is 11.5 Å². The molecule has 0 bridgehead atoms. The summed E-state index contributed by atoms with van der Waals surface area (Å²) in [6.45, 7) is 3.33. The molecule has 0 radical (unpaired) electrons. The van der Waals surface area contributed by atoms with Gasteiger partial charge in [-0.15, -0.1) is 15.3 Å². The van der Waals surface area contributed by atoms with Crippen LogP contribution in [0, 0.1) is 0 Å². The molecular weight excluding hydrogens is 462 g/mol. The fourth-order valence-corrected chi connectivity index (χ4v) is 3.46. The molecule has 0 aliphatic carbocycles. The SMILES string of the molecule is CCCCOc1ccc(C(=O)NCCOc2ccc3nnc(-c4cc(OC)ccc4OC)n3n2)cc1. The van der Waals surface area contributed by atoms with Crippen LogP contribution < -0.4 is 24.3 Å². The van der Waals surface area contributed by atoms with Crippen LogP contribution in [0.2, 0.25) is 0 Å². The maximum absolute atomic E-state index is 12.4. The second-order valence-corrected chi connectivity index (χ2v) is 7.86. The van der Waals surface area contributed by atoms with Gasteiger partial charge in [0.05, 0.1) is 32.9 Å². The highest BCUT2D eigenvalue weighted by Crippen LogP contribution is 2.32. The Bertz CT molecular complexity index is 1310. The van der Waals surface area contributed by atoms with E-state index in [-0.39, 0.29) is 12.5 Å². The topological polar surface area (TPSA) is 109 Å². The van der Waals surface area contributed by atoms with Crippen LogP contribution in [0.5, 0.6) is 23.1 Å². The maximum atomic E-state index is 12.4. The quantitative estimate of drug-likeness (QED) is 0.298. The van der Waals surface area contributed by atoms with E-state index in [1.165, 1.54) is 0 Å². The average Bonchev–Trinajstić information content (AvgIpc) is 3.34. The third-order valence-corrected chi connectivity index (χ3v) is 5.41. The van der Waals surface area contributed by atoms with Gasteiger partial charge in [-0.25, -0.2) is 0 Å². The molecule has 4 rings (SSSR count). The summed E-state index contributed by atoms with van der Waals surface area (Å²) in [5.41, 5.74) is 1.79. The number of methoxy groups -OCH3 is 2. The molecule has 0 saturated carbocycles. The van der Waals surface area contributed by atoms with Gasteiger partial charge < -0.3 is 24.3 Å². The van der Waals surface area contributed by atoms with E-state index in [0.29, 0.717) is 53.1 Å². The second-order valence-electron chi connectivity index (χ2n) is 7.86. The average molecular weight is 492 g/mol. The first-order valence-electron chi connectivity index (χ1n) is 11.7. The minimum absolute atomic E-state index is 0.187. The molecule has 0 aliphatic rings. The molecule has 1 N–H and O–H groups in total. The van der Waals surface area contributed by atoms with Gasteiger partial charge in [-0.3, -0.25) is 4.79 Å². The first-order chi connectivity index (χ1) is 17.6. The van der Waals surface area contributed by atoms with Crippen molar-refractivity contribution in [2.24, 2.45) is 0 Å². The van der Waals surface area contributed by atoms with Crippen LogP contribution in [0.3, 0.4) is 0 Å². The van der Waals surface area contributed by atoms with Gasteiger partial charge in [-0.1, -0.05) is 13.3 Å². The smallest absolute Gasteiger partial charge is 0.251 e. The predicted molar refractivity (Wildman–Crippen MR) is 134 cm³/mol. The summed E-state index contributed by atoms with van der Waals surface area (Å²) in [4.78, 5) is 12.4. The molecule has 188 valence electrons. The van der Waals surface area contributed by atoms with E-state index in [1.807, 2.05) is 6.07 Å². The molecular formula is C26H29N5O5. The van der Waals surface area contributed by atoms with Crippen LogP contribution in [0.4, 0.5) is 0 Å². The van der Waals surface area contributed by atoms with Gasteiger partial charge >= 0.3 is 0 Å². The summed E-state index contributed by atoms with van der Waals surface area (Å²) < 4.78 is 23.8. The van der Waals surface area contributed by atoms with Crippen LogP contribution in [0.25, 0.3) is 17.0 Å². The molecule has 2 aromatic carbocycles. The zero-order valence-corrected chi connectivity index (χ0v) is 20.6. The molecule has 0 atom stereocenters. The molecule has 2 heterocycles. The van der Waals surface area contributed by atoms with Crippen LogP contribution >= 0.6 is 0 Å². The number of carbonyl (C=O) groups is 1. The van der Waals surface area contributed by atoms with Gasteiger partial charge in [0.25, 0.3) is 5.91 Å². The maximum Gasteiger partial charge on any atom is 0.251 e. The van der Waals surface area contributed by atoms with Crippen LogP contribution in [0.1, 0.15) is 30.1 Å². The lowest BCUT2D eigenvalue weighted by Gasteiger charge is -2.10. The zero-order chi connectivity index (χ0) is 25.3. The largest absolute Gasteiger partial charge is 0.497 e. The summed E-state index contributed by atoms with van der Waals surface area (Å²) in [5.74, 6) is 2.69. The van der Waals surface area contributed by atoms with Gasteiger partial charge in [-0.05, 0) is 55.0 Å². The molecule has 10 heteroatoms. The number of fused-ring (bicyclic) bond motifs is 1. The van der Waals surface area contributed by atoms with E-state index >= 15 is 0 Å². The van der Waals surface area contributed by atoms with E-state index in [0.717, 1.165) is 18.6 Å². The molecule has 36 heavy (non-hydrogen) atoms. The number of rotatable bonds is 12. The standard InChI is InChI=1S/C26H29N5O5/c1-4-5-15-35-19-8-6-18(7-9-19)26(32)27-14-16-36-24-13-12-23-28-29-25(31(23)30-24)21-17-20(33-2)10-11-22(21)34-3/h6-13,17H,4-5,14-16H2,1-3H3,(H,27,32). The Labute approximate surface area is 209 Å². The molecule has 0 unspecified atom stereocenters. The Kier molecular flexibility index (Phi) is 8.17. The zero-order valence-electron chi connectivity index (χ0n) is 20.6. The summed E-state index contributed by atoms with van der Waals surface area (Å²) >= 11 is 0. The van der Waals surface area contributed by atoms with Gasteiger partial charge in [0.1, 0.15) is 23.9 Å². The van der Waals surface area contributed by atoms with Crippen molar-refractivity contribution in [2.75, 3.05) is 34.0 Å². The van der Waals surface area contributed by atoms with E-state index < -0.39 is 0 Å². The molecule has 0 spiro atoms. The predicted octanol–water partition coefficient (Wildman–Crippen LogP) is 3.80. The number of unbranched alkanes of at least 4 members (excludes halogenated alkanes) is 1. The Morgan fingerprint density at radius 1 is 0.917 bits per heavy atom. The Hall–Kier alpha value is -4.34. The van der Waals surface area contributed by atoms with Crippen molar-refractivity contribution in [1.82, 2.24) is 25.1 Å². The molecule has 2 aromatic heterocycles.